The molecule has 0 bridgehead atoms. The zero-order valence-electron chi connectivity index (χ0n) is 16.8. The van der Waals surface area contributed by atoms with Crippen LogP contribution in [-0.4, -0.2) is 11.6 Å². The van der Waals surface area contributed by atoms with Gasteiger partial charge in [0.15, 0.2) is 5.92 Å². The summed E-state index contributed by atoms with van der Waals surface area (Å²) in [5.74, 6) is -0.726. The Morgan fingerprint density at radius 2 is 1.57 bits per heavy atom. The Balaban J connectivity index is 2.47. The summed E-state index contributed by atoms with van der Waals surface area (Å²) in [7, 11) is 0. The Morgan fingerprint density at radius 3 is 2.14 bits per heavy atom. The molecule has 0 saturated heterocycles. The van der Waals surface area contributed by atoms with Crippen molar-refractivity contribution < 1.29 is 14.3 Å². The van der Waals surface area contributed by atoms with Crippen molar-refractivity contribution in [3.05, 3.63) is 59.2 Å². The molecular weight excluding hydrogens is 352 g/mol. The van der Waals surface area contributed by atoms with Gasteiger partial charge in [0.25, 0.3) is 0 Å². The number of carbonyl (C=O) groups excluding carboxylic acids is 1. The van der Waals surface area contributed by atoms with Crippen LogP contribution in [0.5, 0.6) is 11.5 Å². The van der Waals surface area contributed by atoms with E-state index in [0.717, 1.165) is 5.56 Å². The molecule has 2 aromatic rings. The molecule has 0 heterocycles. The fraction of sp³-hybridized carbons (Fsp3) is 0.348. The lowest BCUT2D eigenvalue weighted by Gasteiger charge is -2.22. The van der Waals surface area contributed by atoms with Gasteiger partial charge in [0.2, 0.25) is 0 Å². The molecule has 0 saturated carbocycles. The first-order valence-electron chi connectivity index (χ1n) is 9.10. The van der Waals surface area contributed by atoms with Crippen LogP contribution >= 0.6 is 0 Å². The van der Waals surface area contributed by atoms with E-state index in [9.17, 15) is 15.3 Å². The number of rotatable bonds is 5. The van der Waals surface area contributed by atoms with Gasteiger partial charge in [0.1, 0.15) is 23.2 Å². The summed E-state index contributed by atoms with van der Waals surface area (Å²) >= 11 is 0. The average Bonchev–Trinajstić information content (AvgIpc) is 2.61. The molecule has 144 valence electrons. The van der Waals surface area contributed by atoms with Gasteiger partial charge in [-0.3, -0.25) is 4.79 Å². The molecule has 1 unspecified atom stereocenters. The Labute approximate surface area is 166 Å². The molecule has 0 fully saturated rings. The van der Waals surface area contributed by atoms with Crippen molar-refractivity contribution in [3.8, 4) is 23.6 Å². The van der Waals surface area contributed by atoms with E-state index in [4.69, 9.17) is 9.47 Å². The fourth-order valence-electron chi connectivity index (χ4n) is 2.77. The third-order valence-electron chi connectivity index (χ3n) is 4.01. The number of nitrogens with zero attached hydrogens (tertiary/aromatic N) is 2. The fourth-order valence-corrected chi connectivity index (χ4v) is 2.77. The Morgan fingerprint density at radius 1 is 0.964 bits per heavy atom. The van der Waals surface area contributed by atoms with Crippen molar-refractivity contribution in [2.24, 2.45) is 0 Å². The number of nitriles is 2. The molecule has 0 N–H and O–H groups in total. The van der Waals surface area contributed by atoms with Crippen LogP contribution in [0.15, 0.2) is 42.5 Å². The molecule has 0 amide bonds. The highest BCUT2D eigenvalue weighted by molar-refractivity contribution is 5.83. The minimum absolute atomic E-state index is 0.151. The number of benzene rings is 2. The average molecular weight is 376 g/mol. The van der Waals surface area contributed by atoms with Gasteiger partial charge in [-0.25, -0.2) is 0 Å². The summed E-state index contributed by atoms with van der Waals surface area (Å²) < 4.78 is 11.4. The number of hydrogen-bond donors (Lipinski definition) is 0. The van der Waals surface area contributed by atoms with Crippen molar-refractivity contribution >= 4 is 5.97 Å². The molecule has 5 heteroatoms. The largest absolute Gasteiger partial charge is 0.459 e. The first-order chi connectivity index (χ1) is 13.2. The summed E-state index contributed by atoms with van der Waals surface area (Å²) in [4.78, 5) is 12.5. The van der Waals surface area contributed by atoms with Crippen molar-refractivity contribution in [2.45, 2.75) is 52.1 Å². The molecule has 2 rings (SSSR count). The van der Waals surface area contributed by atoms with Crippen molar-refractivity contribution in [2.75, 3.05) is 0 Å². The zero-order valence-corrected chi connectivity index (χ0v) is 16.8. The molecule has 0 aliphatic carbocycles. The van der Waals surface area contributed by atoms with Crippen molar-refractivity contribution in [3.63, 3.8) is 0 Å². The zero-order chi connectivity index (χ0) is 20.9. The van der Waals surface area contributed by atoms with Crippen LogP contribution < -0.4 is 4.74 Å². The highest BCUT2D eigenvalue weighted by Crippen LogP contribution is 2.35. The number of hydrogen-bond acceptors (Lipinski definition) is 5. The van der Waals surface area contributed by atoms with Gasteiger partial charge in [0.05, 0.1) is 11.6 Å². The van der Waals surface area contributed by atoms with Gasteiger partial charge in [-0.05, 0) is 44.4 Å². The standard InChI is InChI=1S/C23H24N2O3/c1-15(2)16-9-6-7-11-20(16)27-21-12-8-10-17(18(21)13-24)19(14-25)22(26)28-23(3,4)5/h6-12,15,19H,1-5H3. The highest BCUT2D eigenvalue weighted by atomic mass is 16.6. The van der Waals surface area contributed by atoms with Crippen LogP contribution in [-0.2, 0) is 9.53 Å². The van der Waals surface area contributed by atoms with E-state index in [-0.39, 0.29) is 17.0 Å². The molecule has 0 aliphatic rings. The van der Waals surface area contributed by atoms with Crippen molar-refractivity contribution in [1.82, 2.24) is 0 Å². The molecule has 28 heavy (non-hydrogen) atoms. The van der Waals surface area contributed by atoms with E-state index >= 15 is 0 Å². The van der Waals surface area contributed by atoms with Crippen LogP contribution in [0.3, 0.4) is 0 Å². The predicted octanol–water partition coefficient (Wildman–Crippen LogP) is 5.42. The van der Waals surface area contributed by atoms with Gasteiger partial charge in [-0.15, -0.1) is 0 Å². The molecule has 0 aliphatic heterocycles. The maximum Gasteiger partial charge on any atom is 0.328 e. The van der Waals surface area contributed by atoms with Crippen LogP contribution in [0.2, 0.25) is 0 Å². The normalized spacial score (nSPS) is 12.0. The number of carbonyl (C=O) groups is 1. The first kappa shape index (κ1) is 21.0. The van der Waals surface area contributed by atoms with E-state index in [1.807, 2.05) is 30.3 Å². The first-order valence-corrected chi connectivity index (χ1v) is 9.10. The molecule has 5 nitrogen and oxygen atoms in total. The summed E-state index contributed by atoms with van der Waals surface area (Å²) in [5.41, 5.74) is 0.696. The van der Waals surface area contributed by atoms with Crippen LogP contribution in [0.25, 0.3) is 0 Å². The monoisotopic (exact) mass is 376 g/mol. The van der Waals surface area contributed by atoms with Gasteiger partial charge in [-0.1, -0.05) is 44.2 Å². The van der Waals surface area contributed by atoms with Gasteiger partial charge in [0, 0.05) is 5.56 Å². The van der Waals surface area contributed by atoms with E-state index in [0.29, 0.717) is 11.5 Å². The van der Waals surface area contributed by atoms with Crippen LogP contribution in [0, 0.1) is 22.7 Å². The van der Waals surface area contributed by atoms with Crippen LogP contribution in [0.1, 0.15) is 63.1 Å². The topological polar surface area (TPSA) is 83.1 Å². The number of esters is 1. The minimum Gasteiger partial charge on any atom is -0.459 e. The maximum absolute atomic E-state index is 12.5. The summed E-state index contributed by atoms with van der Waals surface area (Å²) in [5, 5.41) is 19.3. The molecule has 2 aromatic carbocycles. The van der Waals surface area contributed by atoms with E-state index in [2.05, 4.69) is 19.9 Å². The van der Waals surface area contributed by atoms with E-state index in [1.54, 1.807) is 39.0 Å². The highest BCUT2D eigenvalue weighted by Gasteiger charge is 2.30. The SMILES string of the molecule is CC(C)c1ccccc1Oc1cccc(C(C#N)C(=O)OC(C)(C)C)c1C#N. The van der Waals surface area contributed by atoms with Gasteiger partial charge in [-0.2, -0.15) is 10.5 Å². The number of ether oxygens (including phenoxy) is 2. The lowest BCUT2D eigenvalue weighted by molar-refractivity contribution is -0.155. The Kier molecular flexibility index (Phi) is 6.44. The Bertz CT molecular complexity index is 944. The second-order valence-corrected chi connectivity index (χ2v) is 7.72. The number of para-hydroxylation sites is 1. The van der Waals surface area contributed by atoms with Gasteiger partial charge < -0.3 is 9.47 Å². The second-order valence-electron chi connectivity index (χ2n) is 7.72. The predicted molar refractivity (Wildman–Crippen MR) is 106 cm³/mol. The lowest BCUT2D eigenvalue weighted by atomic mass is 9.94. The molecular formula is C23H24N2O3. The molecule has 1 atom stereocenters. The van der Waals surface area contributed by atoms with Crippen LogP contribution in [0.4, 0.5) is 0 Å². The second kappa shape index (κ2) is 8.59. The smallest absolute Gasteiger partial charge is 0.328 e. The van der Waals surface area contributed by atoms with Crippen molar-refractivity contribution in [1.29, 1.82) is 10.5 Å². The van der Waals surface area contributed by atoms with Gasteiger partial charge >= 0.3 is 5.97 Å². The third kappa shape index (κ3) is 4.90. The quantitative estimate of drug-likeness (QED) is 0.650. The third-order valence-corrected chi connectivity index (χ3v) is 4.01. The lowest BCUT2D eigenvalue weighted by Crippen LogP contribution is -2.27. The van der Waals surface area contributed by atoms with E-state index in [1.165, 1.54) is 0 Å². The molecule has 0 spiro atoms. The molecule has 0 aromatic heterocycles. The summed E-state index contributed by atoms with van der Waals surface area (Å²) in [6.07, 6.45) is 0. The minimum atomic E-state index is -1.21. The molecule has 0 radical (unpaired) electrons. The Hall–Kier alpha value is -3.31. The summed E-state index contributed by atoms with van der Waals surface area (Å²) in [6.45, 7) is 9.29. The maximum atomic E-state index is 12.5. The summed E-state index contributed by atoms with van der Waals surface area (Å²) in [6, 6.07) is 16.5. The van der Waals surface area contributed by atoms with E-state index < -0.39 is 17.5 Å².